The summed E-state index contributed by atoms with van der Waals surface area (Å²) in [5.74, 6) is 0.885. The van der Waals surface area contributed by atoms with E-state index in [1.807, 2.05) is 12.1 Å². The second-order valence-electron chi connectivity index (χ2n) is 8.49. The molecule has 0 fully saturated rings. The van der Waals surface area contributed by atoms with Crippen LogP contribution in [-0.4, -0.2) is 13.8 Å². The number of hydrogen-bond acceptors (Lipinski definition) is 2. The molecule has 4 nitrogen and oxygen atoms in total. The van der Waals surface area contributed by atoms with E-state index in [9.17, 15) is 5.26 Å². The minimum absolute atomic E-state index is 0.662. The van der Waals surface area contributed by atoms with Gasteiger partial charge in [-0.1, -0.05) is 48.5 Å². The standard InChI is InChI=1S/C28H14N4/c29-15-16-9-22-21-11-17-5-1-3-7-19(17)13-24(21)32-27(22)26(10-16)31-25-14-20-8-4-2-6-18(20)12-23(25)30-28(31)32/h1-14H. The van der Waals surface area contributed by atoms with E-state index < -0.39 is 0 Å². The van der Waals surface area contributed by atoms with Crippen LogP contribution in [0, 0.1) is 11.3 Å². The van der Waals surface area contributed by atoms with E-state index in [1.165, 1.54) is 21.5 Å². The van der Waals surface area contributed by atoms with Crippen LogP contribution in [0.15, 0.2) is 84.9 Å². The van der Waals surface area contributed by atoms with Gasteiger partial charge in [-0.15, -0.1) is 0 Å². The van der Waals surface area contributed by atoms with Gasteiger partial charge in [-0.3, -0.25) is 8.80 Å². The Morgan fingerprint density at radius 1 is 0.625 bits per heavy atom. The molecule has 146 valence electrons. The summed E-state index contributed by atoms with van der Waals surface area (Å²) in [4.78, 5) is 5.08. The van der Waals surface area contributed by atoms with Crippen molar-refractivity contribution in [1.82, 2.24) is 13.8 Å². The molecule has 0 saturated heterocycles. The van der Waals surface area contributed by atoms with Crippen LogP contribution in [-0.2, 0) is 0 Å². The van der Waals surface area contributed by atoms with E-state index in [0.717, 1.165) is 44.1 Å². The molecule has 3 heterocycles. The zero-order valence-corrected chi connectivity index (χ0v) is 16.9. The maximum absolute atomic E-state index is 9.79. The van der Waals surface area contributed by atoms with E-state index >= 15 is 0 Å². The highest BCUT2D eigenvalue weighted by molar-refractivity contribution is 6.19. The van der Waals surface area contributed by atoms with Gasteiger partial charge in [-0.05, 0) is 57.9 Å². The Morgan fingerprint density at radius 2 is 1.28 bits per heavy atom. The van der Waals surface area contributed by atoms with Gasteiger partial charge in [0.15, 0.2) is 0 Å². The molecule has 0 atom stereocenters. The molecule has 3 aromatic heterocycles. The summed E-state index contributed by atoms with van der Waals surface area (Å²) in [5.41, 5.74) is 5.94. The molecule has 0 N–H and O–H groups in total. The molecule has 0 aliphatic carbocycles. The molecule has 0 saturated carbocycles. The van der Waals surface area contributed by atoms with E-state index in [4.69, 9.17) is 4.98 Å². The first-order chi connectivity index (χ1) is 15.8. The maximum Gasteiger partial charge on any atom is 0.220 e. The van der Waals surface area contributed by atoms with Gasteiger partial charge in [-0.2, -0.15) is 5.26 Å². The van der Waals surface area contributed by atoms with Crippen LogP contribution in [0.25, 0.3) is 65.7 Å². The Balaban J connectivity index is 1.70. The minimum atomic E-state index is 0.662. The van der Waals surface area contributed by atoms with Crippen LogP contribution >= 0.6 is 0 Å². The van der Waals surface area contributed by atoms with Gasteiger partial charge in [0.1, 0.15) is 0 Å². The Morgan fingerprint density at radius 3 is 2.00 bits per heavy atom. The number of benzene rings is 5. The minimum Gasteiger partial charge on any atom is -0.277 e. The van der Waals surface area contributed by atoms with Gasteiger partial charge in [-0.25, -0.2) is 4.98 Å². The molecule has 0 aliphatic rings. The zero-order valence-electron chi connectivity index (χ0n) is 16.9. The number of aromatic nitrogens is 3. The molecule has 0 bridgehead atoms. The third-order valence-electron chi connectivity index (χ3n) is 6.78. The third-order valence-corrected chi connectivity index (χ3v) is 6.78. The molecule has 5 aromatic carbocycles. The zero-order chi connectivity index (χ0) is 21.0. The highest BCUT2D eigenvalue weighted by Gasteiger charge is 2.22. The van der Waals surface area contributed by atoms with Crippen LogP contribution in [0.1, 0.15) is 5.56 Å². The topological polar surface area (TPSA) is 45.5 Å². The fourth-order valence-electron chi connectivity index (χ4n) is 5.39. The fraction of sp³-hybridized carbons (Fsp3) is 0. The number of nitrogens with zero attached hydrogens (tertiary/aromatic N) is 4. The predicted molar refractivity (Wildman–Crippen MR) is 130 cm³/mol. The lowest BCUT2D eigenvalue weighted by molar-refractivity contribution is 1.22. The van der Waals surface area contributed by atoms with Crippen molar-refractivity contribution in [2.75, 3.05) is 0 Å². The monoisotopic (exact) mass is 406 g/mol. The molecule has 0 aliphatic heterocycles. The average molecular weight is 406 g/mol. The number of nitriles is 1. The van der Waals surface area contributed by atoms with Crippen LogP contribution in [0.4, 0.5) is 0 Å². The van der Waals surface area contributed by atoms with E-state index in [1.54, 1.807) is 0 Å². The molecule has 0 radical (unpaired) electrons. The van der Waals surface area contributed by atoms with Gasteiger partial charge < -0.3 is 0 Å². The average Bonchev–Trinajstić information content (AvgIpc) is 3.45. The molecule has 0 unspecified atom stereocenters. The molecule has 4 heteroatoms. The quantitative estimate of drug-likeness (QED) is 0.283. The number of fused-ring (bicyclic) bond motifs is 10. The summed E-state index contributed by atoms with van der Waals surface area (Å²) in [6.45, 7) is 0. The van der Waals surface area contributed by atoms with Gasteiger partial charge in [0.2, 0.25) is 5.78 Å². The Kier molecular flexibility index (Phi) is 2.69. The van der Waals surface area contributed by atoms with Gasteiger partial charge in [0, 0.05) is 10.8 Å². The first-order valence-corrected chi connectivity index (χ1v) is 10.6. The summed E-state index contributed by atoms with van der Waals surface area (Å²) < 4.78 is 4.47. The first-order valence-electron chi connectivity index (χ1n) is 10.6. The number of rotatable bonds is 0. The lowest BCUT2D eigenvalue weighted by Crippen LogP contribution is -1.85. The van der Waals surface area contributed by atoms with Crippen molar-refractivity contribution in [3.63, 3.8) is 0 Å². The predicted octanol–water partition coefficient (Wildman–Crippen LogP) is 6.66. The second-order valence-corrected chi connectivity index (χ2v) is 8.49. The lowest BCUT2D eigenvalue weighted by Gasteiger charge is -2.01. The van der Waals surface area contributed by atoms with Crippen LogP contribution in [0.5, 0.6) is 0 Å². The Labute approximate surface area is 181 Å². The van der Waals surface area contributed by atoms with Crippen molar-refractivity contribution in [1.29, 1.82) is 5.26 Å². The second kappa shape index (κ2) is 5.35. The lowest BCUT2D eigenvalue weighted by atomic mass is 10.0. The highest BCUT2D eigenvalue weighted by atomic mass is 15.2. The Bertz CT molecular complexity index is 2100. The summed E-state index contributed by atoms with van der Waals surface area (Å²) in [5, 5.41) is 16.8. The summed E-state index contributed by atoms with van der Waals surface area (Å²) in [7, 11) is 0. The number of hydrogen-bond donors (Lipinski definition) is 0. The van der Waals surface area contributed by atoms with Gasteiger partial charge in [0.25, 0.3) is 0 Å². The largest absolute Gasteiger partial charge is 0.277 e. The van der Waals surface area contributed by atoms with Gasteiger partial charge in [0.05, 0.1) is 39.2 Å². The van der Waals surface area contributed by atoms with Crippen molar-refractivity contribution in [3.8, 4) is 6.07 Å². The molecular formula is C28H14N4. The van der Waals surface area contributed by atoms with Crippen molar-refractivity contribution >= 4 is 65.7 Å². The maximum atomic E-state index is 9.79. The molecule has 8 aromatic rings. The summed E-state index contributed by atoms with van der Waals surface area (Å²) in [6, 6.07) is 32.0. The van der Waals surface area contributed by atoms with Crippen molar-refractivity contribution in [2.45, 2.75) is 0 Å². The normalized spacial score (nSPS) is 12.3. The molecule has 0 spiro atoms. The molecule has 32 heavy (non-hydrogen) atoms. The first kappa shape index (κ1) is 16.1. The van der Waals surface area contributed by atoms with E-state index in [2.05, 4.69) is 87.7 Å². The van der Waals surface area contributed by atoms with Crippen molar-refractivity contribution < 1.29 is 0 Å². The van der Waals surface area contributed by atoms with Crippen LogP contribution in [0.2, 0.25) is 0 Å². The SMILES string of the molecule is N#Cc1cc2c3cc4ccccc4cc3n3c2c(c1)n1c2cc4ccccc4cc2nc13. The van der Waals surface area contributed by atoms with E-state index in [0.29, 0.717) is 5.56 Å². The smallest absolute Gasteiger partial charge is 0.220 e. The summed E-state index contributed by atoms with van der Waals surface area (Å²) in [6.07, 6.45) is 0. The Hall–Kier alpha value is -4.62. The molecular weight excluding hydrogens is 392 g/mol. The fourth-order valence-corrected chi connectivity index (χ4v) is 5.39. The molecule has 0 amide bonds. The van der Waals surface area contributed by atoms with E-state index in [-0.39, 0.29) is 0 Å². The van der Waals surface area contributed by atoms with Crippen LogP contribution in [0.3, 0.4) is 0 Å². The highest BCUT2D eigenvalue weighted by Crippen LogP contribution is 2.39. The molecule has 8 rings (SSSR count). The number of imidazole rings is 2. The van der Waals surface area contributed by atoms with Crippen molar-refractivity contribution in [3.05, 3.63) is 90.5 Å². The van der Waals surface area contributed by atoms with Crippen molar-refractivity contribution in [2.24, 2.45) is 0 Å². The summed E-state index contributed by atoms with van der Waals surface area (Å²) >= 11 is 0. The van der Waals surface area contributed by atoms with Crippen LogP contribution < -0.4 is 0 Å². The third kappa shape index (κ3) is 1.81. The van der Waals surface area contributed by atoms with Gasteiger partial charge >= 0.3 is 0 Å².